The van der Waals surface area contributed by atoms with Crippen LogP contribution < -0.4 is 5.32 Å². The summed E-state index contributed by atoms with van der Waals surface area (Å²) in [4.78, 5) is 17.5. The van der Waals surface area contributed by atoms with Crippen molar-refractivity contribution in [3.05, 3.63) is 0 Å². The number of rotatable bonds is 14. The number of hydrogen-bond donors (Lipinski definition) is 1. The Morgan fingerprint density at radius 3 is 1.81 bits per heavy atom. The van der Waals surface area contributed by atoms with Gasteiger partial charge in [-0.3, -0.25) is 4.79 Å². The third-order valence-corrected chi connectivity index (χ3v) is 5.68. The lowest BCUT2D eigenvalue weighted by molar-refractivity contribution is 0.240. The van der Waals surface area contributed by atoms with Crippen molar-refractivity contribution < 1.29 is 18.4 Å². The van der Waals surface area contributed by atoms with E-state index in [0.717, 1.165) is 12.8 Å². The van der Waals surface area contributed by atoms with Crippen LogP contribution in [-0.2, 0) is 13.6 Å². The first-order valence-corrected chi connectivity index (χ1v) is 11.2. The SMILES string of the molecule is CCCCCCCCCCCCN/C(=N\C(=O)P(=O)(OC)OC)N(C)C. The van der Waals surface area contributed by atoms with Crippen molar-refractivity contribution >= 4 is 19.2 Å². The average Bonchev–Trinajstić information content (AvgIpc) is 2.63. The van der Waals surface area contributed by atoms with E-state index >= 15 is 0 Å². The second-order valence-corrected chi connectivity index (χ2v) is 8.69. The van der Waals surface area contributed by atoms with Gasteiger partial charge in [0.25, 0.3) is 0 Å². The van der Waals surface area contributed by atoms with Crippen molar-refractivity contribution in [2.45, 2.75) is 71.1 Å². The molecule has 0 rings (SSSR count). The van der Waals surface area contributed by atoms with Gasteiger partial charge in [0.1, 0.15) is 0 Å². The van der Waals surface area contributed by atoms with E-state index in [-0.39, 0.29) is 0 Å². The molecule has 26 heavy (non-hydrogen) atoms. The zero-order chi connectivity index (χ0) is 19.8. The van der Waals surface area contributed by atoms with Gasteiger partial charge in [-0.2, -0.15) is 4.99 Å². The molecular formula is C18H38N3O4P. The molecule has 1 N–H and O–H groups in total. The largest absolute Gasteiger partial charge is 0.420 e. The fourth-order valence-electron chi connectivity index (χ4n) is 2.49. The van der Waals surface area contributed by atoms with Gasteiger partial charge in [0.2, 0.25) is 5.96 Å². The minimum Gasteiger partial charge on any atom is -0.356 e. The van der Waals surface area contributed by atoms with Crippen LogP contribution in [0.15, 0.2) is 4.99 Å². The van der Waals surface area contributed by atoms with E-state index in [9.17, 15) is 9.36 Å². The molecule has 154 valence electrons. The lowest BCUT2D eigenvalue weighted by Gasteiger charge is -2.18. The Morgan fingerprint density at radius 2 is 1.38 bits per heavy atom. The number of carbonyl (C=O) groups excluding carboxylic acids is 1. The molecule has 0 bridgehead atoms. The van der Waals surface area contributed by atoms with Crippen molar-refractivity contribution in [3.8, 4) is 0 Å². The molecule has 0 aliphatic rings. The van der Waals surface area contributed by atoms with Gasteiger partial charge in [0, 0.05) is 34.9 Å². The van der Waals surface area contributed by atoms with E-state index < -0.39 is 13.2 Å². The highest BCUT2D eigenvalue weighted by Gasteiger charge is 2.32. The fourth-order valence-corrected chi connectivity index (χ4v) is 3.17. The van der Waals surface area contributed by atoms with Crippen LogP contribution in [0.2, 0.25) is 0 Å². The highest BCUT2D eigenvalue weighted by atomic mass is 31.2. The maximum Gasteiger partial charge on any atom is 0.420 e. The summed E-state index contributed by atoms with van der Waals surface area (Å²) in [6, 6.07) is 0. The summed E-state index contributed by atoms with van der Waals surface area (Å²) in [7, 11) is 2.05. The number of carbonyl (C=O) groups is 1. The van der Waals surface area contributed by atoms with Gasteiger partial charge in [-0.15, -0.1) is 0 Å². The van der Waals surface area contributed by atoms with Crippen molar-refractivity contribution in [1.82, 2.24) is 10.2 Å². The topological polar surface area (TPSA) is 80.2 Å². The Bertz CT molecular complexity index is 448. The molecule has 8 heteroatoms. The summed E-state index contributed by atoms with van der Waals surface area (Å²) >= 11 is 0. The zero-order valence-electron chi connectivity index (χ0n) is 17.3. The van der Waals surface area contributed by atoms with Crippen LogP contribution >= 0.6 is 7.60 Å². The van der Waals surface area contributed by atoms with Crippen LogP contribution in [0.25, 0.3) is 0 Å². The average molecular weight is 391 g/mol. The van der Waals surface area contributed by atoms with Crippen LogP contribution in [0.1, 0.15) is 71.1 Å². The van der Waals surface area contributed by atoms with E-state index in [1.807, 2.05) is 0 Å². The fraction of sp³-hybridized carbons (Fsp3) is 0.889. The summed E-state index contributed by atoms with van der Waals surface area (Å²) in [5, 5.41) is 3.12. The van der Waals surface area contributed by atoms with Gasteiger partial charge in [-0.25, -0.2) is 4.57 Å². The van der Waals surface area contributed by atoms with E-state index in [4.69, 9.17) is 0 Å². The minimum absolute atomic E-state index is 0.361. The van der Waals surface area contributed by atoms with Crippen molar-refractivity contribution in [3.63, 3.8) is 0 Å². The van der Waals surface area contributed by atoms with Crippen LogP contribution in [0.3, 0.4) is 0 Å². The normalized spacial score (nSPS) is 12.3. The Balaban J connectivity index is 4.04. The van der Waals surface area contributed by atoms with Crippen molar-refractivity contribution in [2.24, 2.45) is 4.99 Å². The molecule has 0 aromatic heterocycles. The second-order valence-electron chi connectivity index (χ2n) is 6.58. The van der Waals surface area contributed by atoms with Gasteiger partial charge in [-0.05, 0) is 6.42 Å². The van der Waals surface area contributed by atoms with E-state index in [1.54, 1.807) is 19.0 Å². The summed E-state index contributed by atoms with van der Waals surface area (Å²) in [6.07, 6.45) is 12.7. The number of aliphatic imine (C=N–C) groups is 1. The highest BCUT2D eigenvalue weighted by Crippen LogP contribution is 2.48. The molecule has 0 radical (unpaired) electrons. The molecule has 0 atom stereocenters. The lowest BCUT2D eigenvalue weighted by atomic mass is 10.1. The van der Waals surface area contributed by atoms with Gasteiger partial charge in [0.15, 0.2) is 0 Å². The Morgan fingerprint density at radius 1 is 0.923 bits per heavy atom. The molecule has 0 aromatic rings. The molecule has 0 spiro atoms. The Labute approximate surface area is 159 Å². The van der Waals surface area contributed by atoms with Gasteiger partial charge in [0.05, 0.1) is 0 Å². The van der Waals surface area contributed by atoms with Crippen molar-refractivity contribution in [1.29, 1.82) is 0 Å². The number of amides is 1. The first-order chi connectivity index (χ1) is 12.4. The molecule has 0 aromatic carbocycles. The van der Waals surface area contributed by atoms with Gasteiger partial charge < -0.3 is 19.3 Å². The maximum absolute atomic E-state index is 12.0. The first-order valence-electron chi connectivity index (χ1n) is 9.67. The number of guanidine groups is 1. The predicted molar refractivity (Wildman–Crippen MR) is 108 cm³/mol. The molecule has 0 saturated carbocycles. The molecule has 0 aliphatic carbocycles. The van der Waals surface area contributed by atoms with Crippen molar-refractivity contribution in [2.75, 3.05) is 34.9 Å². The van der Waals surface area contributed by atoms with E-state index in [2.05, 4.69) is 26.3 Å². The Kier molecular flexibility index (Phi) is 14.6. The van der Waals surface area contributed by atoms with Crippen LogP contribution in [-0.4, -0.2) is 51.4 Å². The molecule has 0 aliphatic heterocycles. The third-order valence-electron chi connectivity index (χ3n) is 4.15. The predicted octanol–water partition coefficient (Wildman–Crippen LogP) is 5.02. The number of nitrogens with one attached hydrogen (secondary N) is 1. The standard InChI is InChI=1S/C18H38N3O4P/c1-6-7-8-9-10-11-12-13-14-15-16-19-17(21(2)3)20-18(22)26(23,24-4)25-5/h6-16H2,1-5H3,(H,19,20,22). The van der Waals surface area contributed by atoms with Gasteiger partial charge in [-0.1, -0.05) is 64.7 Å². The number of nitrogens with zero attached hydrogens (tertiary/aromatic N) is 2. The summed E-state index contributed by atoms with van der Waals surface area (Å²) in [5.41, 5.74) is -0.901. The van der Waals surface area contributed by atoms with Crippen LogP contribution in [0.4, 0.5) is 4.79 Å². The molecule has 0 heterocycles. The van der Waals surface area contributed by atoms with Crippen LogP contribution in [0, 0.1) is 0 Å². The summed E-state index contributed by atoms with van der Waals surface area (Å²) < 4.78 is 21.4. The molecule has 0 saturated heterocycles. The first kappa shape index (κ1) is 25.1. The monoisotopic (exact) mass is 391 g/mol. The summed E-state index contributed by atoms with van der Waals surface area (Å²) in [5.74, 6) is 0.361. The zero-order valence-corrected chi connectivity index (χ0v) is 18.1. The molecule has 0 unspecified atom stereocenters. The minimum atomic E-state index is -3.83. The number of unbranched alkanes of at least 4 members (excludes halogenated alkanes) is 9. The molecule has 7 nitrogen and oxygen atoms in total. The van der Waals surface area contributed by atoms with Gasteiger partial charge >= 0.3 is 13.2 Å². The lowest BCUT2D eigenvalue weighted by Crippen LogP contribution is -2.37. The highest BCUT2D eigenvalue weighted by molar-refractivity contribution is 7.71. The van der Waals surface area contributed by atoms with E-state index in [1.165, 1.54) is 65.6 Å². The van der Waals surface area contributed by atoms with Crippen LogP contribution in [0.5, 0.6) is 0 Å². The Hall–Kier alpha value is -0.910. The summed E-state index contributed by atoms with van der Waals surface area (Å²) in [6.45, 7) is 2.95. The molecule has 0 fully saturated rings. The third kappa shape index (κ3) is 10.9. The van der Waals surface area contributed by atoms with E-state index in [0.29, 0.717) is 12.5 Å². The molecular weight excluding hydrogens is 353 g/mol. The maximum atomic E-state index is 12.0. The molecule has 1 amide bonds. The second kappa shape index (κ2) is 15.2. The quantitative estimate of drug-likeness (QED) is 0.194. The smallest absolute Gasteiger partial charge is 0.356 e. The number of hydrogen-bond acceptors (Lipinski definition) is 4.